The minimum absolute atomic E-state index is 0.378. The molecule has 2 rings (SSSR count). The third kappa shape index (κ3) is 2.25. The molecule has 0 atom stereocenters. The molecule has 1 fully saturated rings. The fourth-order valence-corrected chi connectivity index (χ4v) is 2.85. The van der Waals surface area contributed by atoms with Crippen molar-refractivity contribution in [2.45, 2.75) is 25.9 Å². The highest BCUT2D eigenvalue weighted by atomic mass is 32.1. The average Bonchev–Trinajstić information content (AvgIpc) is 2.71. The van der Waals surface area contributed by atoms with Crippen molar-refractivity contribution in [3.8, 4) is 0 Å². The second-order valence-corrected chi connectivity index (χ2v) is 5.00. The first-order valence-electron chi connectivity index (χ1n) is 5.45. The lowest BCUT2D eigenvalue weighted by Crippen LogP contribution is -2.36. The smallest absolute Gasteiger partial charge is 0.186 e. The fourth-order valence-electron chi connectivity index (χ4n) is 1.92. The lowest BCUT2D eigenvalue weighted by atomic mass is 10.1. The van der Waals surface area contributed by atoms with Crippen LogP contribution in [-0.2, 0) is 4.74 Å². The molecule has 0 amide bonds. The predicted molar refractivity (Wildman–Crippen MR) is 64.5 cm³/mol. The number of anilines is 1. The lowest BCUT2D eigenvalue weighted by Gasteiger charge is -2.30. The third-order valence-electron chi connectivity index (χ3n) is 2.97. The molecule has 0 aliphatic carbocycles. The Labute approximate surface area is 99.2 Å². The second-order valence-electron chi connectivity index (χ2n) is 3.99. The van der Waals surface area contributed by atoms with E-state index in [2.05, 4.69) is 9.88 Å². The summed E-state index contributed by atoms with van der Waals surface area (Å²) in [6.07, 6.45) is 3.33. The van der Waals surface area contributed by atoms with E-state index < -0.39 is 0 Å². The molecule has 0 N–H and O–H groups in total. The van der Waals surface area contributed by atoms with E-state index in [0.717, 1.165) is 47.9 Å². The van der Waals surface area contributed by atoms with Gasteiger partial charge in [-0.2, -0.15) is 0 Å². The molecule has 0 unspecified atom stereocenters. The summed E-state index contributed by atoms with van der Waals surface area (Å²) in [5, 5.41) is 0.967. The molecule has 0 spiro atoms. The zero-order valence-electron chi connectivity index (χ0n) is 9.60. The van der Waals surface area contributed by atoms with Crippen LogP contribution in [0.25, 0.3) is 0 Å². The van der Waals surface area contributed by atoms with Crippen molar-refractivity contribution in [1.82, 2.24) is 4.98 Å². The molecule has 2 heterocycles. The zero-order valence-corrected chi connectivity index (χ0v) is 10.4. The summed E-state index contributed by atoms with van der Waals surface area (Å²) < 4.78 is 5.33. The van der Waals surface area contributed by atoms with Crippen molar-refractivity contribution >= 4 is 22.8 Å². The van der Waals surface area contributed by atoms with Gasteiger partial charge < -0.3 is 9.64 Å². The first kappa shape index (κ1) is 11.5. The number of ether oxygens (including phenoxy) is 1. The van der Waals surface area contributed by atoms with Gasteiger partial charge in [0.05, 0.1) is 16.7 Å². The number of nitrogens with zero attached hydrogens (tertiary/aromatic N) is 2. The highest BCUT2D eigenvalue weighted by molar-refractivity contribution is 7.17. The van der Waals surface area contributed by atoms with Crippen LogP contribution in [0.2, 0.25) is 0 Å². The van der Waals surface area contributed by atoms with Gasteiger partial charge in [-0.1, -0.05) is 11.3 Å². The maximum Gasteiger partial charge on any atom is 0.186 e. The van der Waals surface area contributed by atoms with Crippen LogP contribution in [0.5, 0.6) is 0 Å². The Morgan fingerprint density at radius 2 is 2.19 bits per heavy atom. The average molecular weight is 240 g/mol. The van der Waals surface area contributed by atoms with Crippen LogP contribution in [0.4, 0.5) is 5.13 Å². The molecule has 5 heteroatoms. The lowest BCUT2D eigenvalue weighted by molar-refractivity contribution is 0.0819. The number of rotatable bonds is 3. The van der Waals surface area contributed by atoms with Crippen LogP contribution in [0.1, 0.15) is 28.2 Å². The molecule has 1 aliphatic heterocycles. The summed E-state index contributed by atoms with van der Waals surface area (Å²) in [4.78, 5) is 18.2. The Hall–Kier alpha value is -0.940. The minimum atomic E-state index is 0.378. The Balaban J connectivity index is 2.05. The van der Waals surface area contributed by atoms with Crippen molar-refractivity contribution in [3.63, 3.8) is 0 Å². The minimum Gasteiger partial charge on any atom is -0.381 e. The summed E-state index contributed by atoms with van der Waals surface area (Å²) in [5.74, 6) is 0. The molecule has 0 aromatic carbocycles. The van der Waals surface area contributed by atoms with E-state index in [4.69, 9.17) is 4.74 Å². The number of aromatic nitrogens is 1. The van der Waals surface area contributed by atoms with Gasteiger partial charge in [-0.05, 0) is 19.8 Å². The molecule has 1 aliphatic rings. The van der Waals surface area contributed by atoms with E-state index in [9.17, 15) is 4.79 Å². The zero-order chi connectivity index (χ0) is 11.5. The topological polar surface area (TPSA) is 42.4 Å². The van der Waals surface area contributed by atoms with Gasteiger partial charge in [-0.15, -0.1) is 0 Å². The van der Waals surface area contributed by atoms with Crippen LogP contribution in [0.3, 0.4) is 0 Å². The van der Waals surface area contributed by atoms with Gasteiger partial charge in [0.25, 0.3) is 0 Å². The van der Waals surface area contributed by atoms with Crippen LogP contribution < -0.4 is 4.90 Å². The van der Waals surface area contributed by atoms with Gasteiger partial charge in [0.15, 0.2) is 11.4 Å². The highest BCUT2D eigenvalue weighted by Crippen LogP contribution is 2.27. The normalized spacial score (nSPS) is 17.8. The SMILES string of the molecule is COC1CCN(c2nc(C)c(C=O)s2)CC1. The number of carbonyl (C=O) groups is 1. The molecule has 0 saturated carbocycles. The van der Waals surface area contributed by atoms with Gasteiger partial charge in [-0.25, -0.2) is 4.98 Å². The number of piperidine rings is 1. The summed E-state index contributed by atoms with van der Waals surface area (Å²) in [6.45, 7) is 3.80. The van der Waals surface area contributed by atoms with E-state index in [0.29, 0.717) is 6.10 Å². The summed E-state index contributed by atoms with van der Waals surface area (Å²) >= 11 is 1.48. The Bertz CT molecular complexity index is 370. The summed E-state index contributed by atoms with van der Waals surface area (Å²) in [6, 6.07) is 0. The summed E-state index contributed by atoms with van der Waals surface area (Å²) in [7, 11) is 1.76. The number of aldehydes is 1. The first-order valence-corrected chi connectivity index (χ1v) is 6.26. The van der Waals surface area contributed by atoms with Crippen LogP contribution in [0.15, 0.2) is 0 Å². The molecule has 0 bridgehead atoms. The van der Waals surface area contributed by atoms with Crippen LogP contribution in [0, 0.1) is 6.92 Å². The second kappa shape index (κ2) is 4.93. The molecule has 1 aromatic heterocycles. The molecular formula is C11H16N2O2S. The predicted octanol–water partition coefficient (Wildman–Crippen LogP) is 1.88. The quantitative estimate of drug-likeness (QED) is 0.757. The number of thiazole rings is 1. The maximum atomic E-state index is 10.8. The monoisotopic (exact) mass is 240 g/mol. The Kier molecular flexibility index (Phi) is 3.56. The number of aryl methyl sites for hydroxylation is 1. The number of methoxy groups -OCH3 is 1. The molecule has 1 aromatic rings. The summed E-state index contributed by atoms with van der Waals surface area (Å²) in [5.41, 5.74) is 0.837. The first-order chi connectivity index (χ1) is 7.74. The maximum absolute atomic E-state index is 10.8. The van der Waals surface area contributed by atoms with Crippen LogP contribution in [-0.4, -0.2) is 37.6 Å². The molecule has 16 heavy (non-hydrogen) atoms. The van der Waals surface area contributed by atoms with Crippen molar-refractivity contribution in [2.75, 3.05) is 25.1 Å². The fraction of sp³-hybridized carbons (Fsp3) is 0.636. The largest absolute Gasteiger partial charge is 0.381 e. The van der Waals surface area contributed by atoms with Crippen molar-refractivity contribution in [1.29, 1.82) is 0 Å². The van der Waals surface area contributed by atoms with E-state index in [1.807, 2.05) is 6.92 Å². The molecule has 88 valence electrons. The number of carbonyl (C=O) groups excluding carboxylic acids is 1. The van der Waals surface area contributed by atoms with Gasteiger partial charge in [-0.3, -0.25) is 4.79 Å². The van der Waals surface area contributed by atoms with E-state index >= 15 is 0 Å². The van der Waals surface area contributed by atoms with Gasteiger partial charge >= 0.3 is 0 Å². The molecule has 0 radical (unpaired) electrons. The molecule has 1 saturated heterocycles. The van der Waals surface area contributed by atoms with Gasteiger partial charge in [0.2, 0.25) is 0 Å². The van der Waals surface area contributed by atoms with E-state index in [1.165, 1.54) is 11.3 Å². The molecule has 4 nitrogen and oxygen atoms in total. The standard InChI is InChI=1S/C11H16N2O2S/c1-8-10(7-14)16-11(12-8)13-5-3-9(15-2)4-6-13/h7,9H,3-6H2,1-2H3. The van der Waals surface area contributed by atoms with Crippen molar-refractivity contribution in [3.05, 3.63) is 10.6 Å². The highest BCUT2D eigenvalue weighted by Gasteiger charge is 2.21. The van der Waals surface area contributed by atoms with E-state index in [1.54, 1.807) is 7.11 Å². The van der Waals surface area contributed by atoms with Gasteiger partial charge in [0, 0.05) is 20.2 Å². The number of hydrogen-bond donors (Lipinski definition) is 0. The third-order valence-corrected chi connectivity index (χ3v) is 4.12. The Morgan fingerprint density at radius 1 is 1.50 bits per heavy atom. The number of hydrogen-bond acceptors (Lipinski definition) is 5. The van der Waals surface area contributed by atoms with E-state index in [-0.39, 0.29) is 0 Å². The van der Waals surface area contributed by atoms with Gasteiger partial charge in [0.1, 0.15) is 0 Å². The Morgan fingerprint density at radius 3 is 2.69 bits per heavy atom. The van der Waals surface area contributed by atoms with Crippen molar-refractivity contribution in [2.24, 2.45) is 0 Å². The molecular weight excluding hydrogens is 224 g/mol. The van der Waals surface area contributed by atoms with Crippen LogP contribution >= 0.6 is 11.3 Å². The van der Waals surface area contributed by atoms with Crippen molar-refractivity contribution < 1.29 is 9.53 Å².